The first-order valence-electron chi connectivity index (χ1n) is 10.2. The molecule has 1 aromatic carbocycles. The molecule has 0 aliphatic carbocycles. The molecule has 0 spiro atoms. The number of likely N-dealkylation sites (tertiary alicyclic amines) is 1. The van der Waals surface area contributed by atoms with Crippen molar-refractivity contribution >= 4 is 0 Å². The first kappa shape index (κ1) is 18.4. The van der Waals surface area contributed by atoms with E-state index in [1.807, 2.05) is 36.4 Å². The highest BCUT2D eigenvalue weighted by Gasteiger charge is 2.24. The van der Waals surface area contributed by atoms with E-state index < -0.39 is 0 Å². The van der Waals surface area contributed by atoms with Crippen molar-refractivity contribution in [3.63, 3.8) is 0 Å². The second-order valence-corrected chi connectivity index (χ2v) is 7.93. The molecule has 0 saturated carbocycles. The number of benzene rings is 1. The Kier molecular flexibility index (Phi) is 6.00. The van der Waals surface area contributed by atoms with E-state index in [0.717, 1.165) is 63.4 Å². The molecule has 0 bridgehead atoms. The molecule has 1 unspecified atom stereocenters. The summed E-state index contributed by atoms with van der Waals surface area (Å²) in [6.45, 7) is 5.98. The van der Waals surface area contributed by atoms with E-state index in [1.165, 1.54) is 12.8 Å². The van der Waals surface area contributed by atoms with Crippen LogP contribution in [0.3, 0.4) is 0 Å². The van der Waals surface area contributed by atoms with Crippen molar-refractivity contribution in [1.82, 2.24) is 14.7 Å². The normalized spacial score (nSPS) is 22.0. The molecule has 0 N–H and O–H groups in total. The fourth-order valence-electron chi connectivity index (χ4n) is 4.33. The second kappa shape index (κ2) is 8.81. The van der Waals surface area contributed by atoms with Crippen LogP contribution < -0.4 is 5.56 Å². The van der Waals surface area contributed by atoms with E-state index >= 15 is 0 Å². The van der Waals surface area contributed by atoms with Crippen LogP contribution in [0.2, 0.25) is 0 Å². The van der Waals surface area contributed by atoms with Crippen LogP contribution in [-0.2, 0) is 11.3 Å². The lowest BCUT2D eigenvalue weighted by molar-refractivity contribution is 0.0319. The Morgan fingerprint density at radius 3 is 2.56 bits per heavy atom. The van der Waals surface area contributed by atoms with Gasteiger partial charge in [-0.2, -0.15) is 5.10 Å². The van der Waals surface area contributed by atoms with Crippen LogP contribution in [0.1, 0.15) is 25.7 Å². The predicted octanol–water partition coefficient (Wildman–Crippen LogP) is 3.05. The molecule has 5 nitrogen and oxygen atoms in total. The van der Waals surface area contributed by atoms with Crippen molar-refractivity contribution in [3.8, 4) is 11.1 Å². The van der Waals surface area contributed by atoms with Gasteiger partial charge in [-0.25, -0.2) is 4.68 Å². The van der Waals surface area contributed by atoms with Gasteiger partial charge in [0.05, 0.1) is 12.2 Å². The Bertz CT molecular complexity index is 776. The Hall–Kier alpha value is -1.98. The summed E-state index contributed by atoms with van der Waals surface area (Å²) in [4.78, 5) is 15.4. The number of aromatic nitrogens is 2. The number of ether oxygens (including phenoxy) is 1. The first-order chi connectivity index (χ1) is 13.3. The van der Waals surface area contributed by atoms with Crippen LogP contribution in [0, 0.1) is 11.8 Å². The summed E-state index contributed by atoms with van der Waals surface area (Å²) in [7, 11) is 0. The molecule has 27 heavy (non-hydrogen) atoms. The lowest BCUT2D eigenvalue weighted by Gasteiger charge is -2.35. The van der Waals surface area contributed by atoms with Gasteiger partial charge in [-0.1, -0.05) is 30.3 Å². The molecule has 2 aromatic rings. The van der Waals surface area contributed by atoms with Crippen molar-refractivity contribution in [2.75, 3.05) is 32.8 Å². The summed E-state index contributed by atoms with van der Waals surface area (Å²) >= 11 is 0. The summed E-state index contributed by atoms with van der Waals surface area (Å²) in [6, 6.07) is 11.7. The number of nitrogens with zero attached hydrogens (tertiary/aromatic N) is 3. The van der Waals surface area contributed by atoms with Crippen molar-refractivity contribution in [3.05, 3.63) is 52.9 Å². The minimum absolute atomic E-state index is 0.0190. The average Bonchev–Trinajstić information content (AvgIpc) is 2.72. The molecule has 1 atom stereocenters. The van der Waals surface area contributed by atoms with E-state index in [9.17, 15) is 4.79 Å². The molecule has 3 heterocycles. The number of rotatable bonds is 5. The maximum absolute atomic E-state index is 12.8. The zero-order valence-electron chi connectivity index (χ0n) is 15.9. The fourth-order valence-corrected chi connectivity index (χ4v) is 4.33. The van der Waals surface area contributed by atoms with E-state index in [-0.39, 0.29) is 5.56 Å². The summed E-state index contributed by atoms with van der Waals surface area (Å²) in [5, 5.41) is 4.35. The van der Waals surface area contributed by atoms with Gasteiger partial charge in [0.15, 0.2) is 0 Å². The molecular formula is C22H29N3O2. The monoisotopic (exact) mass is 367 g/mol. The van der Waals surface area contributed by atoms with Crippen molar-refractivity contribution in [2.24, 2.45) is 11.8 Å². The summed E-state index contributed by atoms with van der Waals surface area (Å²) in [5.41, 5.74) is 1.72. The Morgan fingerprint density at radius 1 is 1.00 bits per heavy atom. The summed E-state index contributed by atoms with van der Waals surface area (Å²) < 4.78 is 7.28. The minimum Gasteiger partial charge on any atom is -0.381 e. The van der Waals surface area contributed by atoms with Gasteiger partial charge in [-0.15, -0.1) is 0 Å². The summed E-state index contributed by atoms with van der Waals surface area (Å²) in [6.07, 6.45) is 6.52. The number of hydrogen-bond donors (Lipinski definition) is 0. The van der Waals surface area contributed by atoms with Crippen LogP contribution in [0.4, 0.5) is 0 Å². The second-order valence-electron chi connectivity index (χ2n) is 7.93. The molecule has 144 valence electrons. The molecule has 2 aliphatic rings. The Labute approximate surface area is 161 Å². The molecule has 0 radical (unpaired) electrons. The molecule has 1 aromatic heterocycles. The van der Waals surface area contributed by atoms with Gasteiger partial charge in [0.1, 0.15) is 0 Å². The van der Waals surface area contributed by atoms with E-state index in [4.69, 9.17) is 4.74 Å². The van der Waals surface area contributed by atoms with E-state index in [2.05, 4.69) is 10.00 Å². The van der Waals surface area contributed by atoms with Gasteiger partial charge in [-0.05, 0) is 62.2 Å². The quantitative estimate of drug-likeness (QED) is 0.815. The third kappa shape index (κ3) is 4.66. The molecule has 0 amide bonds. The SMILES string of the molecule is O=c1c(-c2ccccc2)ccnn1CC1CCN(CC2CCCOC2)CC1. The van der Waals surface area contributed by atoms with E-state index in [0.29, 0.717) is 11.8 Å². The predicted molar refractivity (Wildman–Crippen MR) is 107 cm³/mol. The topological polar surface area (TPSA) is 47.4 Å². The van der Waals surface area contributed by atoms with Crippen LogP contribution in [0.25, 0.3) is 11.1 Å². The van der Waals surface area contributed by atoms with Crippen LogP contribution in [-0.4, -0.2) is 47.5 Å². The zero-order valence-corrected chi connectivity index (χ0v) is 15.9. The van der Waals surface area contributed by atoms with Gasteiger partial charge >= 0.3 is 0 Å². The molecule has 4 rings (SSSR count). The van der Waals surface area contributed by atoms with Crippen LogP contribution >= 0.6 is 0 Å². The Balaban J connectivity index is 1.35. The maximum atomic E-state index is 12.8. The molecular weight excluding hydrogens is 338 g/mol. The standard InChI is InChI=1S/C22H29N3O2/c26-22-21(20-6-2-1-3-7-20)8-11-23-25(22)16-18-9-12-24(13-10-18)15-19-5-4-14-27-17-19/h1-3,6-8,11,18-19H,4-5,9-10,12-17H2. The Morgan fingerprint density at radius 2 is 1.81 bits per heavy atom. The molecule has 2 fully saturated rings. The fraction of sp³-hybridized carbons (Fsp3) is 0.545. The first-order valence-corrected chi connectivity index (χ1v) is 10.2. The highest BCUT2D eigenvalue weighted by Crippen LogP contribution is 2.22. The largest absolute Gasteiger partial charge is 0.381 e. The molecule has 2 aliphatic heterocycles. The highest BCUT2D eigenvalue weighted by molar-refractivity contribution is 5.61. The van der Waals surface area contributed by atoms with Crippen molar-refractivity contribution < 1.29 is 4.74 Å². The number of piperidine rings is 1. The lowest BCUT2D eigenvalue weighted by atomic mass is 9.94. The lowest BCUT2D eigenvalue weighted by Crippen LogP contribution is -2.40. The molecule has 5 heteroatoms. The van der Waals surface area contributed by atoms with Gasteiger partial charge in [-0.3, -0.25) is 4.79 Å². The average molecular weight is 367 g/mol. The third-order valence-electron chi connectivity index (χ3n) is 5.91. The van der Waals surface area contributed by atoms with E-state index in [1.54, 1.807) is 10.9 Å². The molecule has 2 saturated heterocycles. The van der Waals surface area contributed by atoms with Gasteiger partial charge in [0.2, 0.25) is 0 Å². The third-order valence-corrected chi connectivity index (χ3v) is 5.91. The summed E-state index contributed by atoms with van der Waals surface area (Å²) in [5.74, 6) is 1.22. The smallest absolute Gasteiger partial charge is 0.274 e. The zero-order chi connectivity index (χ0) is 18.5. The minimum atomic E-state index is 0.0190. The number of hydrogen-bond acceptors (Lipinski definition) is 4. The highest BCUT2D eigenvalue weighted by atomic mass is 16.5. The van der Waals surface area contributed by atoms with Crippen molar-refractivity contribution in [2.45, 2.75) is 32.2 Å². The van der Waals surface area contributed by atoms with Crippen LogP contribution in [0.15, 0.2) is 47.4 Å². The van der Waals surface area contributed by atoms with Crippen molar-refractivity contribution in [1.29, 1.82) is 0 Å². The van der Waals surface area contributed by atoms with Gasteiger partial charge in [0, 0.05) is 25.9 Å². The van der Waals surface area contributed by atoms with Crippen LogP contribution in [0.5, 0.6) is 0 Å². The van der Waals surface area contributed by atoms with Gasteiger partial charge < -0.3 is 9.64 Å². The van der Waals surface area contributed by atoms with Gasteiger partial charge in [0.25, 0.3) is 5.56 Å². The maximum Gasteiger partial charge on any atom is 0.274 e.